The summed E-state index contributed by atoms with van der Waals surface area (Å²) in [6.07, 6.45) is 0. The number of carbonyl (C=O) groups excluding carboxylic acids is 3. The van der Waals surface area contributed by atoms with E-state index in [2.05, 4.69) is 10.6 Å². The van der Waals surface area contributed by atoms with Gasteiger partial charge in [0.05, 0.1) is 13.7 Å². The van der Waals surface area contributed by atoms with Gasteiger partial charge in [-0.1, -0.05) is 18.2 Å². The Morgan fingerprint density at radius 3 is 2.46 bits per heavy atom. The van der Waals surface area contributed by atoms with Crippen LogP contribution in [0, 0.1) is 0 Å². The minimum absolute atomic E-state index is 0.0746. The second-order valence-electron chi connectivity index (χ2n) is 8.39. The van der Waals surface area contributed by atoms with Crippen LogP contribution in [-0.4, -0.2) is 36.6 Å². The van der Waals surface area contributed by atoms with E-state index in [0.717, 1.165) is 4.90 Å². The number of fused-ring (bicyclic) bond motifs is 1. The molecule has 0 bridgehead atoms. The fourth-order valence-corrected chi connectivity index (χ4v) is 4.07. The van der Waals surface area contributed by atoms with Gasteiger partial charge < -0.3 is 24.8 Å². The second-order valence-corrected chi connectivity index (χ2v) is 8.39. The van der Waals surface area contributed by atoms with Gasteiger partial charge in [0.15, 0.2) is 11.5 Å². The summed E-state index contributed by atoms with van der Waals surface area (Å²) < 4.78 is 15.9. The Hall–Kier alpha value is -4.53. The topological polar surface area (TPSA) is 106 Å². The van der Waals surface area contributed by atoms with Crippen molar-refractivity contribution in [3.8, 4) is 17.2 Å². The number of carbonyl (C=O) groups is 3. The summed E-state index contributed by atoms with van der Waals surface area (Å²) in [5.74, 6) is 1.19. The van der Waals surface area contributed by atoms with Gasteiger partial charge in [0.1, 0.15) is 11.3 Å². The molecule has 2 aliphatic rings. The Morgan fingerprint density at radius 1 is 1.03 bits per heavy atom. The first-order chi connectivity index (χ1) is 16.9. The van der Waals surface area contributed by atoms with E-state index in [1.807, 2.05) is 0 Å². The van der Waals surface area contributed by atoms with E-state index in [9.17, 15) is 14.4 Å². The van der Waals surface area contributed by atoms with Crippen molar-refractivity contribution < 1.29 is 28.6 Å². The number of hydrogen-bond acceptors (Lipinski definition) is 6. The van der Waals surface area contributed by atoms with Gasteiger partial charge in [-0.3, -0.25) is 14.5 Å². The van der Waals surface area contributed by atoms with Gasteiger partial charge >= 0.3 is 6.03 Å². The molecular formula is C26H23N3O6. The lowest BCUT2D eigenvalue weighted by Crippen LogP contribution is -2.40. The number of ether oxygens (including phenoxy) is 3. The van der Waals surface area contributed by atoms with Crippen molar-refractivity contribution in [2.75, 3.05) is 19.2 Å². The van der Waals surface area contributed by atoms with Crippen LogP contribution in [0.2, 0.25) is 0 Å². The Kier molecular flexibility index (Phi) is 5.52. The monoisotopic (exact) mass is 473 g/mol. The molecule has 4 amide bonds. The summed E-state index contributed by atoms with van der Waals surface area (Å²) >= 11 is 0. The zero-order valence-electron chi connectivity index (χ0n) is 19.2. The Labute approximate surface area is 201 Å². The number of urea groups is 1. The van der Waals surface area contributed by atoms with E-state index < -0.39 is 11.6 Å². The van der Waals surface area contributed by atoms with Crippen molar-refractivity contribution in [2.45, 2.75) is 19.0 Å². The SMILES string of the molecule is COc1ccc(NC(=O)c2ccc(CN3C(=O)N[C@@](C)(c4ccc5c(c4)OCO5)C3=O)cc2)cc1. The van der Waals surface area contributed by atoms with Crippen LogP contribution in [0.4, 0.5) is 10.5 Å². The van der Waals surface area contributed by atoms with Crippen molar-refractivity contribution in [1.29, 1.82) is 0 Å². The summed E-state index contributed by atoms with van der Waals surface area (Å²) in [7, 11) is 1.58. The van der Waals surface area contributed by atoms with Gasteiger partial charge in [0.2, 0.25) is 6.79 Å². The molecule has 0 aliphatic carbocycles. The predicted molar refractivity (Wildman–Crippen MR) is 126 cm³/mol. The van der Waals surface area contributed by atoms with E-state index in [1.54, 1.807) is 80.8 Å². The first kappa shape index (κ1) is 22.3. The summed E-state index contributed by atoms with van der Waals surface area (Å²) in [5.41, 5.74) is 1.18. The molecule has 0 radical (unpaired) electrons. The molecule has 3 aromatic carbocycles. The molecule has 178 valence electrons. The normalized spacial score (nSPS) is 18.4. The maximum Gasteiger partial charge on any atom is 0.325 e. The van der Waals surface area contributed by atoms with Crippen LogP contribution in [0.25, 0.3) is 0 Å². The van der Waals surface area contributed by atoms with E-state index >= 15 is 0 Å². The molecule has 5 rings (SSSR count). The molecule has 35 heavy (non-hydrogen) atoms. The smallest absolute Gasteiger partial charge is 0.325 e. The average molecular weight is 473 g/mol. The maximum atomic E-state index is 13.3. The molecule has 2 aliphatic heterocycles. The summed E-state index contributed by atoms with van der Waals surface area (Å²) in [5, 5.41) is 5.61. The van der Waals surface area contributed by atoms with Crippen molar-refractivity contribution in [3.05, 3.63) is 83.4 Å². The molecule has 3 aromatic rings. The fourth-order valence-electron chi connectivity index (χ4n) is 4.07. The molecular weight excluding hydrogens is 450 g/mol. The number of benzene rings is 3. The predicted octanol–water partition coefficient (Wildman–Crippen LogP) is 3.64. The lowest BCUT2D eigenvalue weighted by Gasteiger charge is -2.22. The maximum absolute atomic E-state index is 13.3. The van der Waals surface area contributed by atoms with Gasteiger partial charge in [-0.25, -0.2) is 4.79 Å². The minimum Gasteiger partial charge on any atom is -0.497 e. The molecule has 9 nitrogen and oxygen atoms in total. The van der Waals surface area contributed by atoms with Crippen LogP contribution in [0.1, 0.15) is 28.4 Å². The van der Waals surface area contributed by atoms with Gasteiger partial charge in [0, 0.05) is 11.3 Å². The van der Waals surface area contributed by atoms with E-state index in [-0.39, 0.29) is 25.2 Å². The fraction of sp³-hybridized carbons (Fsp3) is 0.192. The lowest BCUT2D eigenvalue weighted by atomic mass is 9.91. The highest BCUT2D eigenvalue weighted by Gasteiger charge is 2.49. The van der Waals surface area contributed by atoms with Crippen LogP contribution >= 0.6 is 0 Å². The molecule has 2 N–H and O–H groups in total. The van der Waals surface area contributed by atoms with E-state index in [1.165, 1.54) is 0 Å². The third-order valence-corrected chi connectivity index (χ3v) is 6.13. The van der Waals surface area contributed by atoms with Crippen LogP contribution < -0.4 is 24.8 Å². The van der Waals surface area contributed by atoms with Crippen LogP contribution in [0.3, 0.4) is 0 Å². The van der Waals surface area contributed by atoms with Gasteiger partial charge in [0.25, 0.3) is 11.8 Å². The molecule has 0 spiro atoms. The van der Waals surface area contributed by atoms with Crippen molar-refractivity contribution in [2.24, 2.45) is 0 Å². The first-order valence-corrected chi connectivity index (χ1v) is 11.0. The van der Waals surface area contributed by atoms with E-state index in [0.29, 0.717) is 39.6 Å². The number of amides is 4. The number of methoxy groups -OCH3 is 1. The number of nitrogens with zero attached hydrogens (tertiary/aromatic N) is 1. The Bertz CT molecular complexity index is 1310. The molecule has 0 unspecified atom stereocenters. The van der Waals surface area contributed by atoms with Gasteiger partial charge in [-0.05, 0) is 66.6 Å². The summed E-state index contributed by atoms with van der Waals surface area (Å²) in [6, 6.07) is 18.5. The molecule has 1 atom stereocenters. The highest BCUT2D eigenvalue weighted by Crippen LogP contribution is 2.38. The zero-order chi connectivity index (χ0) is 24.6. The van der Waals surface area contributed by atoms with Crippen LogP contribution in [0.5, 0.6) is 17.2 Å². The van der Waals surface area contributed by atoms with Gasteiger partial charge in [-0.2, -0.15) is 0 Å². The molecule has 1 saturated heterocycles. The minimum atomic E-state index is -1.23. The molecule has 0 aromatic heterocycles. The second kappa shape index (κ2) is 8.68. The molecule has 0 saturated carbocycles. The van der Waals surface area contributed by atoms with Crippen molar-refractivity contribution in [1.82, 2.24) is 10.2 Å². The molecule has 9 heteroatoms. The molecule has 2 heterocycles. The summed E-state index contributed by atoms with van der Waals surface area (Å²) in [4.78, 5) is 39.7. The van der Waals surface area contributed by atoms with Crippen molar-refractivity contribution in [3.63, 3.8) is 0 Å². The highest BCUT2D eigenvalue weighted by molar-refractivity contribution is 6.07. The number of rotatable bonds is 6. The Morgan fingerprint density at radius 2 is 1.74 bits per heavy atom. The van der Waals surface area contributed by atoms with Crippen LogP contribution in [-0.2, 0) is 16.9 Å². The number of nitrogens with one attached hydrogen (secondary N) is 2. The van der Waals surface area contributed by atoms with E-state index in [4.69, 9.17) is 14.2 Å². The largest absolute Gasteiger partial charge is 0.497 e. The summed E-state index contributed by atoms with van der Waals surface area (Å²) in [6.45, 7) is 1.86. The number of imide groups is 1. The first-order valence-electron chi connectivity index (χ1n) is 11.0. The highest BCUT2D eigenvalue weighted by atomic mass is 16.7. The number of anilines is 1. The van der Waals surface area contributed by atoms with Crippen LogP contribution in [0.15, 0.2) is 66.7 Å². The average Bonchev–Trinajstić information content (AvgIpc) is 3.43. The zero-order valence-corrected chi connectivity index (χ0v) is 19.2. The standard InChI is InChI=1S/C26H23N3O6/c1-26(18-7-12-21-22(13-18)35-15-34-21)24(31)29(25(32)28-26)14-16-3-5-17(6-4-16)23(30)27-19-8-10-20(33-2)11-9-19/h3-13H,14-15H2,1-2H3,(H,27,30)(H,28,32)/t26-/m0/s1. The number of hydrogen-bond donors (Lipinski definition) is 2. The quantitative estimate of drug-likeness (QED) is 0.530. The Balaban J connectivity index is 1.27. The third kappa shape index (κ3) is 4.12. The van der Waals surface area contributed by atoms with Crippen molar-refractivity contribution >= 4 is 23.5 Å². The lowest BCUT2D eigenvalue weighted by molar-refractivity contribution is -0.131. The van der Waals surface area contributed by atoms with Gasteiger partial charge in [-0.15, -0.1) is 0 Å². The third-order valence-electron chi connectivity index (χ3n) is 6.13. The molecule has 1 fully saturated rings.